The number of nitrogens with zero attached hydrogens (tertiary/aromatic N) is 4. The normalized spacial score (nSPS) is 11.6. The summed E-state index contributed by atoms with van der Waals surface area (Å²) in [7, 11) is 0. The molecular formula is C13H16N4O2. The smallest absolute Gasteiger partial charge is 0.331 e. The molecule has 1 aromatic carbocycles. The lowest BCUT2D eigenvalue weighted by molar-refractivity contribution is -0.146. The van der Waals surface area contributed by atoms with Crippen molar-refractivity contribution in [3.8, 4) is 11.4 Å². The van der Waals surface area contributed by atoms with Crippen LogP contribution in [0.4, 0.5) is 0 Å². The third-order valence-corrected chi connectivity index (χ3v) is 3.29. The van der Waals surface area contributed by atoms with Gasteiger partial charge in [0, 0.05) is 5.56 Å². The van der Waals surface area contributed by atoms with Gasteiger partial charge in [0.2, 0.25) is 0 Å². The van der Waals surface area contributed by atoms with Crippen LogP contribution >= 0.6 is 0 Å². The second kappa shape index (κ2) is 4.46. The Hall–Kier alpha value is -2.24. The minimum atomic E-state index is -1.20. The van der Waals surface area contributed by atoms with Crippen molar-refractivity contribution in [2.75, 3.05) is 0 Å². The quantitative estimate of drug-likeness (QED) is 0.909. The average Bonchev–Trinajstić information content (AvgIpc) is 2.82. The van der Waals surface area contributed by atoms with Gasteiger partial charge < -0.3 is 5.11 Å². The number of hydrogen-bond acceptors (Lipinski definition) is 4. The van der Waals surface area contributed by atoms with Crippen molar-refractivity contribution in [1.29, 1.82) is 0 Å². The molecule has 19 heavy (non-hydrogen) atoms. The molecule has 2 rings (SSSR count). The van der Waals surface area contributed by atoms with Crippen LogP contribution in [0.5, 0.6) is 0 Å². The molecule has 0 saturated heterocycles. The van der Waals surface area contributed by atoms with E-state index in [0.29, 0.717) is 5.82 Å². The standard InChI is InChI=1S/C13H16N4O2/c1-8-5-6-10(7-9(8)2)11-14-15-16-17(11)13(3,4)12(18)19/h5-7H,1-4H3,(H,18,19). The Morgan fingerprint density at radius 3 is 2.53 bits per heavy atom. The van der Waals surface area contributed by atoms with Crippen LogP contribution in [0, 0.1) is 13.8 Å². The van der Waals surface area contributed by atoms with E-state index in [2.05, 4.69) is 15.5 Å². The zero-order valence-corrected chi connectivity index (χ0v) is 11.4. The molecule has 0 spiro atoms. The molecule has 6 nitrogen and oxygen atoms in total. The third-order valence-electron chi connectivity index (χ3n) is 3.29. The van der Waals surface area contributed by atoms with Crippen LogP contribution in [0.25, 0.3) is 11.4 Å². The highest BCUT2D eigenvalue weighted by atomic mass is 16.4. The number of carbonyl (C=O) groups is 1. The van der Waals surface area contributed by atoms with Crippen LogP contribution < -0.4 is 0 Å². The van der Waals surface area contributed by atoms with Crippen molar-refractivity contribution in [2.45, 2.75) is 33.2 Å². The number of carboxylic acid groups (broad SMARTS) is 1. The van der Waals surface area contributed by atoms with Gasteiger partial charge in [0.25, 0.3) is 0 Å². The maximum atomic E-state index is 11.3. The average molecular weight is 260 g/mol. The monoisotopic (exact) mass is 260 g/mol. The molecule has 0 fully saturated rings. The fourth-order valence-electron chi connectivity index (χ4n) is 1.71. The van der Waals surface area contributed by atoms with Crippen LogP contribution in [-0.2, 0) is 10.3 Å². The summed E-state index contributed by atoms with van der Waals surface area (Å²) < 4.78 is 1.33. The lowest BCUT2D eigenvalue weighted by Crippen LogP contribution is -2.37. The van der Waals surface area contributed by atoms with E-state index in [0.717, 1.165) is 11.1 Å². The predicted molar refractivity (Wildman–Crippen MR) is 69.7 cm³/mol. The van der Waals surface area contributed by atoms with Crippen molar-refractivity contribution >= 4 is 5.97 Å². The first-order valence-electron chi connectivity index (χ1n) is 5.94. The molecule has 0 aliphatic heterocycles. The van der Waals surface area contributed by atoms with E-state index >= 15 is 0 Å². The van der Waals surface area contributed by atoms with Crippen molar-refractivity contribution < 1.29 is 9.90 Å². The molecule has 0 unspecified atom stereocenters. The first-order chi connectivity index (χ1) is 8.84. The van der Waals surface area contributed by atoms with E-state index in [1.165, 1.54) is 10.2 Å². The summed E-state index contributed by atoms with van der Waals surface area (Å²) in [6.45, 7) is 7.14. The van der Waals surface area contributed by atoms with Gasteiger partial charge in [0.05, 0.1) is 0 Å². The molecule has 100 valence electrons. The van der Waals surface area contributed by atoms with Gasteiger partial charge in [-0.15, -0.1) is 5.10 Å². The Balaban J connectivity index is 2.56. The minimum Gasteiger partial charge on any atom is -0.479 e. The fraction of sp³-hybridized carbons (Fsp3) is 0.385. The zero-order chi connectivity index (χ0) is 14.2. The van der Waals surface area contributed by atoms with E-state index in [1.807, 2.05) is 32.0 Å². The van der Waals surface area contributed by atoms with Crippen molar-refractivity contribution in [3.05, 3.63) is 29.3 Å². The second-order valence-corrected chi connectivity index (χ2v) is 5.08. The van der Waals surface area contributed by atoms with Crippen molar-refractivity contribution in [2.24, 2.45) is 0 Å². The summed E-state index contributed by atoms with van der Waals surface area (Å²) in [5.74, 6) is -0.527. The predicted octanol–water partition coefficient (Wildman–Crippen LogP) is 1.78. The van der Waals surface area contributed by atoms with Crippen LogP contribution in [0.3, 0.4) is 0 Å². The van der Waals surface area contributed by atoms with E-state index < -0.39 is 11.5 Å². The van der Waals surface area contributed by atoms with Gasteiger partial charge >= 0.3 is 5.97 Å². The van der Waals surface area contributed by atoms with Gasteiger partial charge in [-0.05, 0) is 55.3 Å². The molecule has 0 saturated carbocycles. The zero-order valence-electron chi connectivity index (χ0n) is 11.4. The van der Waals surface area contributed by atoms with Crippen LogP contribution in [0.15, 0.2) is 18.2 Å². The van der Waals surface area contributed by atoms with Gasteiger partial charge in [-0.25, -0.2) is 9.48 Å². The maximum absolute atomic E-state index is 11.3. The topological polar surface area (TPSA) is 80.9 Å². The summed E-state index contributed by atoms with van der Waals surface area (Å²) >= 11 is 0. The van der Waals surface area contributed by atoms with Gasteiger partial charge in [-0.1, -0.05) is 12.1 Å². The maximum Gasteiger partial charge on any atom is 0.331 e. The molecule has 1 aromatic heterocycles. The van der Waals surface area contributed by atoms with E-state index in [-0.39, 0.29) is 0 Å². The van der Waals surface area contributed by atoms with Gasteiger partial charge in [0.15, 0.2) is 11.4 Å². The summed E-state index contributed by atoms with van der Waals surface area (Å²) in [4.78, 5) is 11.3. The lowest BCUT2D eigenvalue weighted by atomic mass is 10.0. The van der Waals surface area contributed by atoms with Gasteiger partial charge in [-0.2, -0.15) is 0 Å². The number of benzene rings is 1. The Morgan fingerprint density at radius 2 is 1.95 bits per heavy atom. The Labute approximate surface area is 111 Å². The molecule has 0 bridgehead atoms. The van der Waals surface area contributed by atoms with Crippen LogP contribution in [-0.4, -0.2) is 31.3 Å². The summed E-state index contributed by atoms with van der Waals surface area (Å²) in [6, 6.07) is 5.81. The van der Waals surface area contributed by atoms with E-state index in [9.17, 15) is 9.90 Å². The van der Waals surface area contributed by atoms with Crippen LogP contribution in [0.1, 0.15) is 25.0 Å². The minimum absolute atomic E-state index is 0.454. The first kappa shape index (κ1) is 13.2. The van der Waals surface area contributed by atoms with Gasteiger partial charge in [-0.3, -0.25) is 0 Å². The number of aromatic nitrogens is 4. The first-order valence-corrected chi connectivity index (χ1v) is 5.94. The molecule has 0 amide bonds. The molecular weight excluding hydrogens is 244 g/mol. The second-order valence-electron chi connectivity index (χ2n) is 5.08. The third kappa shape index (κ3) is 2.21. The molecule has 0 atom stereocenters. The number of carboxylic acids is 1. The van der Waals surface area contributed by atoms with Crippen LogP contribution in [0.2, 0.25) is 0 Å². The highest BCUT2D eigenvalue weighted by Crippen LogP contribution is 2.24. The summed E-state index contributed by atoms with van der Waals surface area (Å²) in [5, 5.41) is 20.6. The van der Waals surface area contributed by atoms with Crippen molar-refractivity contribution in [1.82, 2.24) is 20.2 Å². The van der Waals surface area contributed by atoms with Gasteiger partial charge in [0.1, 0.15) is 0 Å². The van der Waals surface area contributed by atoms with E-state index in [4.69, 9.17) is 0 Å². The largest absolute Gasteiger partial charge is 0.479 e. The number of aliphatic carboxylic acids is 1. The van der Waals surface area contributed by atoms with Crippen molar-refractivity contribution in [3.63, 3.8) is 0 Å². The SMILES string of the molecule is Cc1ccc(-c2nnnn2C(C)(C)C(=O)O)cc1C. The Kier molecular flexibility index (Phi) is 3.09. The molecule has 0 radical (unpaired) electrons. The summed E-state index contributed by atoms with van der Waals surface area (Å²) in [6.07, 6.45) is 0. The molecule has 0 aliphatic carbocycles. The number of hydrogen-bond donors (Lipinski definition) is 1. The van der Waals surface area contributed by atoms with E-state index in [1.54, 1.807) is 13.8 Å². The molecule has 6 heteroatoms. The Morgan fingerprint density at radius 1 is 1.26 bits per heavy atom. The number of aryl methyl sites for hydroxylation is 2. The molecule has 0 aliphatic rings. The lowest BCUT2D eigenvalue weighted by Gasteiger charge is -2.20. The highest BCUT2D eigenvalue weighted by molar-refractivity contribution is 5.76. The molecule has 1 heterocycles. The Bertz CT molecular complexity index is 631. The summed E-state index contributed by atoms with van der Waals surface area (Å²) in [5.41, 5.74) is 1.89. The highest BCUT2D eigenvalue weighted by Gasteiger charge is 2.33. The molecule has 1 N–H and O–H groups in total. The number of tetrazole rings is 1. The fourth-order valence-corrected chi connectivity index (χ4v) is 1.71. The number of rotatable bonds is 3. The molecule has 2 aromatic rings.